The molecule has 31 heavy (non-hydrogen) atoms. The number of rotatable bonds is 12. The first-order valence-corrected chi connectivity index (χ1v) is 11.3. The first kappa shape index (κ1) is 27.2. The maximum absolute atomic E-state index is 13.2. The summed E-state index contributed by atoms with van der Waals surface area (Å²) in [5.74, 6) is -1.21. The van der Waals surface area contributed by atoms with Crippen molar-refractivity contribution in [3.05, 3.63) is 0 Å². The summed E-state index contributed by atoms with van der Waals surface area (Å²) in [6, 6.07) is -1.02. The Balaban J connectivity index is 2.94. The Kier molecular flexibility index (Phi) is 11.3. The van der Waals surface area contributed by atoms with E-state index in [0.29, 0.717) is 13.0 Å². The van der Waals surface area contributed by atoms with Gasteiger partial charge in [0, 0.05) is 13.2 Å². The van der Waals surface area contributed by atoms with Gasteiger partial charge in [-0.3, -0.25) is 9.69 Å². The molecule has 1 aliphatic rings. The molecule has 9 nitrogen and oxygen atoms in total. The van der Waals surface area contributed by atoms with Crippen LogP contribution in [0.5, 0.6) is 0 Å². The van der Waals surface area contributed by atoms with Gasteiger partial charge in [-0.05, 0) is 46.5 Å². The molecule has 2 N–H and O–H groups in total. The highest BCUT2D eigenvalue weighted by molar-refractivity contribution is 5.93. The summed E-state index contributed by atoms with van der Waals surface area (Å²) >= 11 is 0. The Labute approximate surface area is 185 Å². The Morgan fingerprint density at radius 1 is 1.13 bits per heavy atom. The molecule has 0 aromatic heterocycles. The molecule has 0 aromatic carbocycles. The lowest BCUT2D eigenvalue weighted by Gasteiger charge is -2.37. The molecule has 1 heterocycles. The van der Waals surface area contributed by atoms with Gasteiger partial charge in [0.05, 0.1) is 19.8 Å². The van der Waals surface area contributed by atoms with Gasteiger partial charge in [0.1, 0.15) is 11.1 Å². The van der Waals surface area contributed by atoms with Gasteiger partial charge >= 0.3 is 12.1 Å². The first-order valence-electron chi connectivity index (χ1n) is 11.3. The van der Waals surface area contributed by atoms with E-state index in [9.17, 15) is 19.5 Å². The highest BCUT2D eigenvalue weighted by atomic mass is 16.6. The van der Waals surface area contributed by atoms with Crippen molar-refractivity contribution >= 4 is 18.0 Å². The number of aliphatic hydroxyl groups excluding tert-OH is 1. The van der Waals surface area contributed by atoms with Crippen LogP contribution in [0.25, 0.3) is 0 Å². The Morgan fingerprint density at radius 3 is 2.35 bits per heavy atom. The lowest BCUT2D eigenvalue weighted by atomic mass is 9.95. The number of nitrogens with zero attached hydrogens (tertiary/aromatic N) is 1. The number of amides is 2. The van der Waals surface area contributed by atoms with Crippen LogP contribution >= 0.6 is 0 Å². The van der Waals surface area contributed by atoms with Gasteiger partial charge in [-0.15, -0.1) is 0 Å². The van der Waals surface area contributed by atoms with E-state index >= 15 is 0 Å². The normalized spacial score (nSPS) is 19.7. The number of aliphatic hydroxyl groups is 1. The number of unbranched alkanes of at least 4 members (excludes halogenated alkanes) is 2. The van der Waals surface area contributed by atoms with Crippen molar-refractivity contribution in [2.45, 2.75) is 90.3 Å². The lowest BCUT2D eigenvalue weighted by molar-refractivity contribution is -0.151. The second-order valence-electron chi connectivity index (χ2n) is 8.90. The number of hydrogen-bond acceptors (Lipinski definition) is 7. The highest BCUT2D eigenvalue weighted by Crippen LogP contribution is 2.31. The zero-order valence-electron chi connectivity index (χ0n) is 19.7. The number of carbonyl (C=O) groups excluding carboxylic acids is 3. The van der Waals surface area contributed by atoms with E-state index in [1.165, 1.54) is 4.90 Å². The quantitative estimate of drug-likeness (QED) is 0.351. The summed E-state index contributed by atoms with van der Waals surface area (Å²) in [5.41, 5.74) is -2.23. The van der Waals surface area contributed by atoms with Crippen LogP contribution in [-0.2, 0) is 23.8 Å². The number of ether oxygens (including phenoxy) is 3. The first-order chi connectivity index (χ1) is 14.6. The molecule has 180 valence electrons. The Bertz CT molecular complexity index is 591. The van der Waals surface area contributed by atoms with Crippen LogP contribution in [-0.4, -0.2) is 78.1 Å². The van der Waals surface area contributed by atoms with Gasteiger partial charge in [-0.25, -0.2) is 9.59 Å². The van der Waals surface area contributed by atoms with Crippen LogP contribution in [0.4, 0.5) is 4.79 Å². The SMILES string of the molecule is CCCCOC[C@H](NC(=O)C1(CO)CCCN1C(=O)OC(C)(C)C)C(=O)OCCCC. The fourth-order valence-electron chi connectivity index (χ4n) is 3.26. The maximum atomic E-state index is 13.2. The molecule has 1 unspecified atom stereocenters. The predicted octanol–water partition coefficient (Wildman–Crippen LogP) is 2.39. The number of nitrogens with one attached hydrogen (secondary N) is 1. The summed E-state index contributed by atoms with van der Waals surface area (Å²) in [6.07, 6.45) is 3.49. The third-order valence-electron chi connectivity index (χ3n) is 5.05. The third kappa shape index (κ3) is 8.29. The summed E-state index contributed by atoms with van der Waals surface area (Å²) < 4.78 is 16.2. The molecule has 2 amide bonds. The highest BCUT2D eigenvalue weighted by Gasteiger charge is 2.51. The van der Waals surface area contributed by atoms with Gasteiger partial charge in [0.25, 0.3) is 0 Å². The van der Waals surface area contributed by atoms with E-state index in [0.717, 1.165) is 25.7 Å². The van der Waals surface area contributed by atoms with Crippen molar-refractivity contribution in [1.29, 1.82) is 0 Å². The zero-order chi connectivity index (χ0) is 23.5. The van der Waals surface area contributed by atoms with Crippen molar-refractivity contribution in [3.8, 4) is 0 Å². The number of esters is 1. The van der Waals surface area contributed by atoms with E-state index in [-0.39, 0.29) is 26.2 Å². The summed E-state index contributed by atoms with van der Waals surface area (Å²) in [4.78, 5) is 39.7. The van der Waals surface area contributed by atoms with Crippen molar-refractivity contribution in [2.24, 2.45) is 0 Å². The number of carbonyl (C=O) groups is 3. The summed E-state index contributed by atoms with van der Waals surface area (Å²) in [6.45, 7) is 9.59. The minimum Gasteiger partial charge on any atom is -0.464 e. The molecule has 0 radical (unpaired) electrons. The molecule has 1 fully saturated rings. The molecule has 0 saturated carbocycles. The third-order valence-corrected chi connectivity index (χ3v) is 5.05. The molecule has 2 atom stereocenters. The van der Waals surface area contributed by atoms with Crippen LogP contribution in [0, 0.1) is 0 Å². The molecule has 0 bridgehead atoms. The van der Waals surface area contributed by atoms with Gasteiger partial charge < -0.3 is 24.6 Å². The van der Waals surface area contributed by atoms with Crippen LogP contribution in [0.3, 0.4) is 0 Å². The van der Waals surface area contributed by atoms with E-state index in [2.05, 4.69) is 5.32 Å². The molecule has 0 aliphatic carbocycles. The Hall–Kier alpha value is -1.87. The minimum atomic E-state index is -1.49. The fourth-order valence-corrected chi connectivity index (χ4v) is 3.26. The van der Waals surface area contributed by atoms with Crippen LogP contribution < -0.4 is 5.32 Å². The molecule has 0 aromatic rings. The molecule has 1 saturated heterocycles. The van der Waals surface area contributed by atoms with Gasteiger partial charge in [0.15, 0.2) is 6.04 Å². The molecule has 0 spiro atoms. The molecular weight excluding hydrogens is 404 g/mol. The van der Waals surface area contributed by atoms with Crippen molar-refractivity contribution in [1.82, 2.24) is 10.2 Å². The number of hydrogen-bond donors (Lipinski definition) is 2. The Morgan fingerprint density at radius 2 is 1.77 bits per heavy atom. The zero-order valence-corrected chi connectivity index (χ0v) is 19.7. The monoisotopic (exact) mass is 444 g/mol. The number of likely N-dealkylation sites (tertiary alicyclic amines) is 1. The molecule has 1 aliphatic heterocycles. The topological polar surface area (TPSA) is 114 Å². The average Bonchev–Trinajstić information content (AvgIpc) is 3.14. The van der Waals surface area contributed by atoms with E-state index in [1.54, 1.807) is 20.8 Å². The molecule has 9 heteroatoms. The van der Waals surface area contributed by atoms with E-state index in [1.807, 2.05) is 13.8 Å². The van der Waals surface area contributed by atoms with Crippen molar-refractivity contribution in [2.75, 3.05) is 33.0 Å². The average molecular weight is 445 g/mol. The van der Waals surface area contributed by atoms with Gasteiger partial charge in [-0.1, -0.05) is 26.7 Å². The summed E-state index contributed by atoms with van der Waals surface area (Å²) in [5, 5.41) is 12.8. The second kappa shape index (κ2) is 12.9. The van der Waals surface area contributed by atoms with Crippen molar-refractivity contribution < 1.29 is 33.7 Å². The summed E-state index contributed by atoms with van der Waals surface area (Å²) in [7, 11) is 0. The van der Waals surface area contributed by atoms with Crippen LogP contribution in [0.2, 0.25) is 0 Å². The minimum absolute atomic E-state index is 0.0371. The smallest absolute Gasteiger partial charge is 0.411 e. The van der Waals surface area contributed by atoms with E-state index in [4.69, 9.17) is 14.2 Å². The van der Waals surface area contributed by atoms with Gasteiger partial charge in [0.2, 0.25) is 5.91 Å². The van der Waals surface area contributed by atoms with E-state index < -0.39 is 41.8 Å². The van der Waals surface area contributed by atoms with Gasteiger partial charge in [-0.2, -0.15) is 0 Å². The molecule has 1 rings (SSSR count). The van der Waals surface area contributed by atoms with Crippen molar-refractivity contribution in [3.63, 3.8) is 0 Å². The standard InChI is InChI=1S/C22H40N2O7/c1-6-8-13-29-15-17(18(26)30-14-9-7-2)23-19(27)22(16-25)11-10-12-24(22)20(28)31-21(3,4)5/h17,25H,6-16H2,1-5H3,(H,23,27)/t17-,22?/m0/s1. The van der Waals surface area contributed by atoms with Crippen LogP contribution in [0.1, 0.15) is 73.1 Å². The van der Waals surface area contributed by atoms with Crippen LogP contribution in [0.15, 0.2) is 0 Å². The maximum Gasteiger partial charge on any atom is 0.411 e. The largest absolute Gasteiger partial charge is 0.464 e. The second-order valence-corrected chi connectivity index (χ2v) is 8.90. The predicted molar refractivity (Wildman–Crippen MR) is 116 cm³/mol. The fraction of sp³-hybridized carbons (Fsp3) is 0.864. The lowest BCUT2D eigenvalue weighted by Crippen LogP contribution is -2.63. The molecular formula is C22H40N2O7.